The van der Waals surface area contributed by atoms with E-state index in [2.05, 4.69) is 35.9 Å². The monoisotopic (exact) mass is 453 g/mol. The number of rotatable bonds is 2. The van der Waals surface area contributed by atoms with Crippen LogP contribution in [0, 0.1) is 24.1 Å². The molecule has 4 nitrogen and oxygen atoms in total. The number of hydrogen-bond acceptors (Lipinski definition) is 3. The number of hydrogen-bond donors (Lipinski definition) is 1. The summed E-state index contributed by atoms with van der Waals surface area (Å²) in [5.74, 6) is -0.479. The largest absolute Gasteiger partial charge is 0.395 e. The van der Waals surface area contributed by atoms with Gasteiger partial charge in [-0.25, -0.2) is 4.39 Å². The van der Waals surface area contributed by atoms with Crippen molar-refractivity contribution >= 4 is 28.2 Å². The number of halogens is 2. The smallest absolute Gasteiger partial charge is 0.147 e. The molecule has 6 heteroatoms. The molecule has 0 amide bonds. The van der Waals surface area contributed by atoms with Crippen LogP contribution < -0.4 is 5.73 Å². The Morgan fingerprint density at radius 2 is 1.91 bits per heavy atom. The number of fused-ring (bicyclic) bond motifs is 1. The molecule has 3 aromatic rings. The summed E-state index contributed by atoms with van der Waals surface area (Å²) in [6, 6.07) is 11.8. The topological polar surface area (TPSA) is 64.0 Å². The lowest BCUT2D eigenvalue weighted by Crippen LogP contribution is -2.33. The Balaban J connectivity index is 0.000000775. The van der Waals surface area contributed by atoms with Crippen LogP contribution in [0.2, 0.25) is 5.02 Å². The van der Waals surface area contributed by atoms with Crippen molar-refractivity contribution in [2.24, 2.45) is 0 Å². The molecular weight excluding hydrogens is 425 g/mol. The first-order valence-electron chi connectivity index (χ1n) is 11.2. The molecule has 2 aliphatic rings. The van der Waals surface area contributed by atoms with Gasteiger partial charge < -0.3 is 15.0 Å². The quantitative estimate of drug-likeness (QED) is 0.417. The molecule has 0 bridgehead atoms. The third kappa shape index (κ3) is 4.10. The minimum Gasteiger partial charge on any atom is -0.395 e. The summed E-state index contributed by atoms with van der Waals surface area (Å²) in [5.41, 5.74) is 10.2. The Kier molecular flexibility index (Phi) is 6.46. The van der Waals surface area contributed by atoms with Gasteiger partial charge in [-0.2, -0.15) is 5.26 Å². The number of nitrogen functional groups attached to an aromatic ring is 1. The van der Waals surface area contributed by atoms with Crippen LogP contribution in [0.15, 0.2) is 36.5 Å². The van der Waals surface area contributed by atoms with Gasteiger partial charge >= 0.3 is 0 Å². The summed E-state index contributed by atoms with van der Waals surface area (Å²) in [6.07, 6.45) is 9.01. The Hall–Kier alpha value is -2.55. The highest BCUT2D eigenvalue weighted by Crippen LogP contribution is 2.46. The molecule has 2 fully saturated rings. The number of anilines is 1. The summed E-state index contributed by atoms with van der Waals surface area (Å²) >= 11 is 6.45. The van der Waals surface area contributed by atoms with E-state index in [4.69, 9.17) is 27.3 Å². The molecule has 32 heavy (non-hydrogen) atoms. The highest BCUT2D eigenvalue weighted by Gasteiger charge is 2.39. The fourth-order valence-corrected chi connectivity index (χ4v) is 5.47. The first-order chi connectivity index (χ1) is 15.4. The molecule has 1 aliphatic carbocycles. The van der Waals surface area contributed by atoms with Gasteiger partial charge in [0.25, 0.3) is 0 Å². The number of benzene rings is 2. The Bertz CT molecular complexity index is 1160. The number of ether oxygens (including phenoxy) is 1. The maximum absolute atomic E-state index is 13.9. The minimum atomic E-state index is -0.479. The van der Waals surface area contributed by atoms with Crippen molar-refractivity contribution in [2.45, 2.75) is 64.0 Å². The van der Waals surface area contributed by atoms with Crippen molar-refractivity contribution in [3.8, 4) is 17.2 Å². The van der Waals surface area contributed by atoms with Crippen molar-refractivity contribution in [3.05, 3.63) is 52.9 Å². The van der Waals surface area contributed by atoms with E-state index < -0.39 is 5.82 Å². The van der Waals surface area contributed by atoms with Gasteiger partial charge in [0.05, 0.1) is 22.4 Å². The van der Waals surface area contributed by atoms with Crippen molar-refractivity contribution in [1.29, 1.82) is 5.26 Å². The van der Waals surface area contributed by atoms with Crippen LogP contribution in [-0.4, -0.2) is 16.8 Å². The van der Waals surface area contributed by atoms with E-state index in [0.717, 1.165) is 48.8 Å². The van der Waals surface area contributed by atoms with Crippen LogP contribution >= 0.6 is 11.6 Å². The number of nitrogens with zero attached hydrogens (tertiary/aromatic N) is 2. The van der Waals surface area contributed by atoms with Crippen molar-refractivity contribution in [3.63, 3.8) is 0 Å². The van der Waals surface area contributed by atoms with Gasteiger partial charge in [-0.15, -0.1) is 0 Å². The second-order valence-electron chi connectivity index (χ2n) is 8.88. The van der Waals surface area contributed by atoms with Crippen LogP contribution in [-0.2, 0) is 4.74 Å². The summed E-state index contributed by atoms with van der Waals surface area (Å²) < 4.78 is 22.4. The Morgan fingerprint density at radius 1 is 1.19 bits per heavy atom. The van der Waals surface area contributed by atoms with Crippen LogP contribution in [0.5, 0.6) is 0 Å². The van der Waals surface area contributed by atoms with Crippen LogP contribution in [0.4, 0.5) is 10.1 Å². The van der Waals surface area contributed by atoms with Crippen LogP contribution in [0.3, 0.4) is 0 Å². The lowest BCUT2D eigenvalue weighted by Gasteiger charge is -2.37. The van der Waals surface area contributed by atoms with E-state index in [0.29, 0.717) is 6.04 Å². The first-order valence-corrected chi connectivity index (χ1v) is 11.6. The van der Waals surface area contributed by atoms with Crippen LogP contribution in [0.1, 0.15) is 57.1 Å². The number of nitriles is 1. The molecule has 1 spiro atoms. The third-order valence-electron chi connectivity index (χ3n) is 6.85. The SMILES string of the molecule is CC#N.Cc1ccc2c(-c3ccc(F)c(N)c3Cl)cn(C3CCC4(CCCO4)CC3)c2c1. The summed E-state index contributed by atoms with van der Waals surface area (Å²) in [5, 5.41) is 8.73. The molecule has 0 radical (unpaired) electrons. The highest BCUT2D eigenvalue weighted by molar-refractivity contribution is 6.36. The second-order valence-corrected chi connectivity index (χ2v) is 9.26. The standard InChI is InChI=1S/C24H26ClFN2O.C2H3N/c1-15-3-4-17-19(18-5-6-20(26)23(27)22(18)25)14-28(21(17)13-15)16-7-10-24(11-8-16)9-2-12-29-24;1-2-3/h3-6,13-14,16H,2,7-12,27H2,1H3;1H3. The Labute approximate surface area is 193 Å². The van der Waals surface area contributed by atoms with Gasteiger partial charge in [-0.1, -0.05) is 23.7 Å². The first kappa shape index (κ1) is 22.6. The molecular formula is C26H29ClFN3O. The second kappa shape index (κ2) is 9.13. The fourth-order valence-electron chi connectivity index (χ4n) is 5.21. The van der Waals surface area contributed by atoms with E-state index in [-0.39, 0.29) is 16.3 Å². The molecule has 0 atom stereocenters. The molecule has 2 aromatic carbocycles. The van der Waals surface area contributed by atoms with E-state index in [1.54, 1.807) is 12.1 Å². The molecule has 2 N–H and O–H groups in total. The molecule has 2 heterocycles. The summed E-state index contributed by atoms with van der Waals surface area (Å²) in [6.45, 7) is 4.45. The maximum atomic E-state index is 13.9. The van der Waals surface area contributed by atoms with Gasteiger partial charge in [0.1, 0.15) is 5.82 Å². The molecule has 168 valence electrons. The number of nitrogens with two attached hydrogens (primary N) is 1. The zero-order chi connectivity index (χ0) is 22.9. The van der Waals surface area contributed by atoms with E-state index in [1.807, 2.05) is 0 Å². The number of aromatic nitrogens is 1. The molecule has 1 aromatic heterocycles. The zero-order valence-electron chi connectivity index (χ0n) is 18.6. The maximum Gasteiger partial charge on any atom is 0.147 e. The van der Waals surface area contributed by atoms with Gasteiger partial charge in [0, 0.05) is 47.8 Å². The lowest BCUT2D eigenvalue weighted by molar-refractivity contribution is -0.0328. The van der Waals surface area contributed by atoms with Crippen LogP contribution in [0.25, 0.3) is 22.0 Å². The normalized spacial score (nSPS) is 22.5. The number of aryl methyl sites for hydroxylation is 1. The van der Waals surface area contributed by atoms with Gasteiger partial charge in [0.15, 0.2) is 0 Å². The summed E-state index contributed by atoms with van der Waals surface area (Å²) in [7, 11) is 0. The zero-order valence-corrected chi connectivity index (χ0v) is 19.4. The van der Waals surface area contributed by atoms with Gasteiger partial charge in [0.2, 0.25) is 0 Å². The summed E-state index contributed by atoms with van der Waals surface area (Å²) in [4.78, 5) is 0. The highest BCUT2D eigenvalue weighted by atomic mass is 35.5. The molecule has 5 rings (SSSR count). The van der Waals surface area contributed by atoms with Gasteiger partial charge in [-0.3, -0.25) is 0 Å². The average molecular weight is 454 g/mol. The fraction of sp³-hybridized carbons (Fsp3) is 0.423. The predicted octanol–water partition coefficient (Wildman–Crippen LogP) is 7.19. The molecule has 1 aliphatic heterocycles. The Morgan fingerprint density at radius 3 is 2.56 bits per heavy atom. The van der Waals surface area contributed by atoms with Crippen molar-refractivity contribution < 1.29 is 9.13 Å². The van der Waals surface area contributed by atoms with E-state index in [1.165, 1.54) is 36.9 Å². The van der Waals surface area contributed by atoms with Crippen molar-refractivity contribution in [2.75, 3.05) is 12.3 Å². The predicted molar refractivity (Wildman–Crippen MR) is 128 cm³/mol. The van der Waals surface area contributed by atoms with Gasteiger partial charge in [-0.05, 0) is 69.2 Å². The van der Waals surface area contributed by atoms with E-state index in [9.17, 15) is 4.39 Å². The molecule has 1 saturated carbocycles. The molecule has 0 unspecified atom stereocenters. The molecule has 1 saturated heterocycles. The minimum absolute atomic E-state index is 0.00942. The third-order valence-corrected chi connectivity index (χ3v) is 7.26. The van der Waals surface area contributed by atoms with Crippen molar-refractivity contribution in [1.82, 2.24) is 4.57 Å². The lowest BCUT2D eigenvalue weighted by atomic mass is 9.80. The van der Waals surface area contributed by atoms with E-state index >= 15 is 0 Å². The average Bonchev–Trinajstić information content (AvgIpc) is 3.38.